The van der Waals surface area contributed by atoms with Gasteiger partial charge in [0.05, 0.1) is 12.7 Å². The van der Waals surface area contributed by atoms with Crippen LogP contribution in [0.5, 0.6) is 0 Å². The highest BCUT2D eigenvalue weighted by Gasteiger charge is 2.28. The Kier molecular flexibility index (Phi) is 4.15. The number of likely N-dealkylation sites (tertiary alicyclic amines) is 1. The molecule has 1 aliphatic heterocycles. The maximum Gasteiger partial charge on any atom is 0.0766 e. The summed E-state index contributed by atoms with van der Waals surface area (Å²) in [6.07, 6.45) is 1.37. The first kappa shape index (κ1) is 12.6. The molecule has 17 heavy (non-hydrogen) atoms. The lowest BCUT2D eigenvalue weighted by Gasteiger charge is -2.36. The first-order valence-corrected chi connectivity index (χ1v) is 6.15. The topological polar surface area (TPSA) is 32.7 Å². The lowest BCUT2D eigenvalue weighted by atomic mass is 9.86. The van der Waals surface area contributed by atoms with Crippen LogP contribution in [0.2, 0.25) is 0 Å². The van der Waals surface area contributed by atoms with Gasteiger partial charge >= 0.3 is 0 Å². The average Bonchev–Trinajstić information content (AvgIpc) is 2.38. The average molecular weight is 235 g/mol. The molecular weight excluding hydrogens is 214 g/mol. The molecule has 0 radical (unpaired) electrons. The summed E-state index contributed by atoms with van der Waals surface area (Å²) in [4.78, 5) is 2.31. The largest absolute Gasteiger partial charge is 0.392 e. The summed E-state index contributed by atoms with van der Waals surface area (Å²) in [6.45, 7) is 2.19. The third-order valence-electron chi connectivity index (χ3n) is 3.63. The molecule has 1 fully saturated rings. The van der Waals surface area contributed by atoms with E-state index in [9.17, 15) is 5.11 Å². The highest BCUT2D eigenvalue weighted by Crippen LogP contribution is 2.30. The van der Waals surface area contributed by atoms with E-state index in [1.54, 1.807) is 7.11 Å². The number of rotatable bonds is 3. The summed E-state index contributed by atoms with van der Waals surface area (Å²) in [6, 6.07) is 8.22. The van der Waals surface area contributed by atoms with Crippen LogP contribution in [0, 0.1) is 0 Å². The molecule has 1 aromatic rings. The number of likely N-dealkylation sites (N-methyl/N-ethyl adjacent to an activating group) is 1. The zero-order valence-corrected chi connectivity index (χ0v) is 10.6. The van der Waals surface area contributed by atoms with Crippen molar-refractivity contribution in [2.45, 2.75) is 25.0 Å². The molecule has 0 saturated carbocycles. The smallest absolute Gasteiger partial charge is 0.0766 e. The number of hydrogen-bond acceptors (Lipinski definition) is 3. The van der Waals surface area contributed by atoms with Gasteiger partial charge in [0, 0.05) is 19.6 Å². The molecule has 1 N–H and O–H groups in total. The molecule has 0 amide bonds. The van der Waals surface area contributed by atoms with Crippen molar-refractivity contribution in [2.75, 3.05) is 27.2 Å². The number of methoxy groups -OCH3 is 1. The molecule has 2 atom stereocenters. The van der Waals surface area contributed by atoms with E-state index >= 15 is 0 Å². The molecule has 1 aliphatic rings. The van der Waals surface area contributed by atoms with Gasteiger partial charge in [-0.1, -0.05) is 24.3 Å². The minimum atomic E-state index is 0.109. The molecule has 0 aliphatic carbocycles. The van der Waals surface area contributed by atoms with Gasteiger partial charge in [0.2, 0.25) is 0 Å². The molecule has 3 nitrogen and oxygen atoms in total. The summed E-state index contributed by atoms with van der Waals surface area (Å²) >= 11 is 0. The molecule has 1 saturated heterocycles. The highest BCUT2D eigenvalue weighted by atomic mass is 16.5. The minimum absolute atomic E-state index is 0.109. The van der Waals surface area contributed by atoms with Crippen LogP contribution >= 0.6 is 0 Å². The lowest BCUT2D eigenvalue weighted by Crippen LogP contribution is -2.41. The fraction of sp³-hybridized carbons (Fsp3) is 0.571. The van der Waals surface area contributed by atoms with Crippen molar-refractivity contribution in [3.8, 4) is 0 Å². The number of aliphatic hydroxyl groups excluding tert-OH is 1. The SMILES string of the molecule is CO[C@H]1CN(C)CC[C@@H]1c1cccc(CO)c1. The zero-order valence-electron chi connectivity index (χ0n) is 10.6. The first-order valence-electron chi connectivity index (χ1n) is 6.15. The maximum atomic E-state index is 9.19. The van der Waals surface area contributed by atoms with E-state index in [2.05, 4.69) is 24.1 Å². The number of hydrogen-bond donors (Lipinski definition) is 1. The van der Waals surface area contributed by atoms with Gasteiger partial charge in [-0.25, -0.2) is 0 Å². The molecular formula is C14H21NO2. The fourth-order valence-corrected chi connectivity index (χ4v) is 2.61. The predicted molar refractivity (Wildman–Crippen MR) is 68.0 cm³/mol. The van der Waals surface area contributed by atoms with E-state index in [0.717, 1.165) is 25.1 Å². The zero-order chi connectivity index (χ0) is 12.3. The van der Waals surface area contributed by atoms with Gasteiger partial charge in [0.15, 0.2) is 0 Å². The monoisotopic (exact) mass is 235 g/mol. The second-order valence-electron chi connectivity index (χ2n) is 4.83. The van der Waals surface area contributed by atoms with Gasteiger partial charge in [-0.15, -0.1) is 0 Å². The normalized spacial score (nSPS) is 26.1. The number of nitrogens with zero attached hydrogens (tertiary/aromatic N) is 1. The molecule has 2 rings (SSSR count). The van der Waals surface area contributed by atoms with Crippen LogP contribution in [0.3, 0.4) is 0 Å². The van der Waals surface area contributed by atoms with Crippen LogP contribution < -0.4 is 0 Å². The summed E-state index contributed by atoms with van der Waals surface area (Å²) in [7, 11) is 3.92. The standard InChI is InChI=1S/C14H21NO2/c1-15-7-6-13(14(9-15)17-2)12-5-3-4-11(8-12)10-16/h3-5,8,13-14,16H,6-7,9-10H2,1-2H3/t13-,14+/m1/s1. The summed E-state index contributed by atoms with van der Waals surface area (Å²) < 4.78 is 5.60. The van der Waals surface area contributed by atoms with Crippen LogP contribution in [0.25, 0.3) is 0 Å². The predicted octanol–water partition coefficient (Wildman–Crippen LogP) is 1.61. The van der Waals surface area contributed by atoms with Crippen molar-refractivity contribution >= 4 is 0 Å². The van der Waals surface area contributed by atoms with Gasteiger partial charge in [0.25, 0.3) is 0 Å². The molecule has 0 bridgehead atoms. The lowest BCUT2D eigenvalue weighted by molar-refractivity contribution is 0.0232. The molecule has 0 aromatic heterocycles. The Balaban J connectivity index is 2.19. The van der Waals surface area contributed by atoms with Crippen LogP contribution in [0.15, 0.2) is 24.3 Å². The summed E-state index contributed by atoms with van der Waals surface area (Å²) in [5.41, 5.74) is 2.27. The molecule has 94 valence electrons. The first-order chi connectivity index (χ1) is 8.24. The number of ether oxygens (including phenoxy) is 1. The van der Waals surface area contributed by atoms with Gasteiger partial charge < -0.3 is 14.7 Å². The van der Waals surface area contributed by atoms with Gasteiger partial charge in [-0.2, -0.15) is 0 Å². The third-order valence-corrected chi connectivity index (χ3v) is 3.63. The Hall–Kier alpha value is -0.900. The maximum absolute atomic E-state index is 9.19. The van der Waals surface area contributed by atoms with Crippen LogP contribution in [-0.4, -0.2) is 43.4 Å². The Bertz CT molecular complexity index is 367. The van der Waals surface area contributed by atoms with Gasteiger partial charge in [-0.3, -0.25) is 0 Å². The Morgan fingerprint density at radius 3 is 3.00 bits per heavy atom. The number of piperidine rings is 1. The number of aliphatic hydroxyl groups is 1. The van der Waals surface area contributed by atoms with Crippen molar-refractivity contribution < 1.29 is 9.84 Å². The molecule has 0 unspecified atom stereocenters. The third kappa shape index (κ3) is 2.86. The van der Waals surface area contributed by atoms with Crippen molar-refractivity contribution in [1.82, 2.24) is 4.90 Å². The van der Waals surface area contributed by atoms with Crippen LogP contribution in [-0.2, 0) is 11.3 Å². The van der Waals surface area contributed by atoms with Crippen molar-refractivity contribution in [2.24, 2.45) is 0 Å². The molecule has 0 spiro atoms. The van der Waals surface area contributed by atoms with Crippen LogP contribution in [0.4, 0.5) is 0 Å². The number of benzene rings is 1. The fourth-order valence-electron chi connectivity index (χ4n) is 2.61. The van der Waals surface area contributed by atoms with E-state index in [4.69, 9.17) is 4.74 Å². The quantitative estimate of drug-likeness (QED) is 0.864. The minimum Gasteiger partial charge on any atom is -0.392 e. The van der Waals surface area contributed by atoms with Crippen molar-refractivity contribution in [3.63, 3.8) is 0 Å². The Labute approximate surface area is 103 Å². The van der Waals surface area contributed by atoms with Crippen molar-refractivity contribution in [3.05, 3.63) is 35.4 Å². The molecule has 1 aromatic carbocycles. The van der Waals surface area contributed by atoms with Gasteiger partial charge in [0.1, 0.15) is 0 Å². The second-order valence-corrected chi connectivity index (χ2v) is 4.83. The second kappa shape index (κ2) is 5.63. The van der Waals surface area contributed by atoms with E-state index in [0.29, 0.717) is 5.92 Å². The van der Waals surface area contributed by atoms with E-state index < -0.39 is 0 Å². The van der Waals surface area contributed by atoms with Gasteiger partial charge in [-0.05, 0) is 31.1 Å². The highest BCUT2D eigenvalue weighted by molar-refractivity contribution is 5.27. The Morgan fingerprint density at radius 2 is 2.29 bits per heavy atom. The molecule has 1 heterocycles. The molecule has 3 heteroatoms. The van der Waals surface area contributed by atoms with E-state index in [1.807, 2.05) is 12.1 Å². The van der Waals surface area contributed by atoms with Crippen molar-refractivity contribution in [1.29, 1.82) is 0 Å². The van der Waals surface area contributed by atoms with E-state index in [1.165, 1.54) is 5.56 Å². The Morgan fingerprint density at radius 1 is 1.47 bits per heavy atom. The summed E-state index contributed by atoms with van der Waals surface area (Å²) in [5.74, 6) is 0.447. The summed E-state index contributed by atoms with van der Waals surface area (Å²) in [5, 5.41) is 9.19. The van der Waals surface area contributed by atoms with E-state index in [-0.39, 0.29) is 12.7 Å². The van der Waals surface area contributed by atoms with Crippen LogP contribution in [0.1, 0.15) is 23.5 Å².